The van der Waals surface area contributed by atoms with Crippen LogP contribution in [-0.2, 0) is 25.5 Å². The number of carbonyl (C=O) groups excluding carboxylic acids is 3. The van der Waals surface area contributed by atoms with Gasteiger partial charge in [-0.15, -0.1) is 0 Å². The molecule has 0 saturated carbocycles. The maximum absolute atomic E-state index is 14.4. The molecule has 226 valence electrons. The number of nitrogens with one attached hydrogen (secondary N) is 2. The van der Waals surface area contributed by atoms with E-state index < -0.39 is 35.5 Å². The predicted octanol–water partition coefficient (Wildman–Crippen LogP) is 2.52. The number of fused-ring (bicyclic) bond motifs is 5. The molecule has 1 aliphatic carbocycles. The summed E-state index contributed by atoms with van der Waals surface area (Å²) in [5, 5.41) is 16.4. The Balaban J connectivity index is 1.20. The molecule has 7 atom stereocenters. The minimum Gasteiger partial charge on any atom is -0.361 e. The topological polar surface area (TPSA) is 118 Å². The molecule has 0 radical (unpaired) electrons. The lowest BCUT2D eigenvalue weighted by Crippen LogP contribution is -2.71. The van der Waals surface area contributed by atoms with Crippen molar-refractivity contribution in [2.75, 3.05) is 20.1 Å². The first-order valence-electron chi connectivity index (χ1n) is 15.6. The highest BCUT2D eigenvalue weighted by atomic mass is 16.7. The number of carbonyl (C=O) groups is 3. The molecular weight excluding hydrogens is 534 g/mol. The Morgan fingerprint density at radius 1 is 1.24 bits per heavy atom. The molecule has 5 aliphatic rings. The van der Waals surface area contributed by atoms with Crippen molar-refractivity contribution in [2.24, 2.45) is 17.8 Å². The number of hydrogen-bond acceptors (Lipinski definition) is 6. The third-order valence-corrected chi connectivity index (χ3v) is 10.7. The lowest BCUT2D eigenvalue weighted by molar-refractivity contribution is -0.322. The first-order valence-corrected chi connectivity index (χ1v) is 15.6. The van der Waals surface area contributed by atoms with Gasteiger partial charge in [0.05, 0.1) is 5.92 Å². The Labute approximate surface area is 246 Å². The van der Waals surface area contributed by atoms with Gasteiger partial charge in [-0.05, 0) is 62.3 Å². The summed E-state index contributed by atoms with van der Waals surface area (Å²) in [6.07, 6.45) is 5.36. The maximum atomic E-state index is 14.4. The normalized spacial score (nSPS) is 36.1. The van der Waals surface area contributed by atoms with Crippen LogP contribution in [0.4, 0.5) is 0 Å². The van der Waals surface area contributed by atoms with E-state index in [2.05, 4.69) is 46.6 Å². The molecule has 1 aromatic heterocycles. The number of aromatic amines is 1. The number of H-pyrrole nitrogens is 1. The largest absolute Gasteiger partial charge is 0.361 e. The standard InChI is InChI=1S/C32H43N5O5/c1-17(2)12-25-29(39)36-11-7-10-26(36)32(41)37(25)30(40)31(42-32,18(3)4)34-28(38)20-13-22-21-8-6-9-23-27(21)19(15-33-23)14-24(22)35(5)16-20/h6,8-9,15,17-18,20,22,24-26,33,41H,7,10-14,16H2,1-5H3,(H,34,38). The van der Waals surface area contributed by atoms with Crippen molar-refractivity contribution in [2.45, 2.75) is 95.5 Å². The third-order valence-electron chi connectivity index (χ3n) is 10.7. The number of rotatable bonds is 5. The lowest BCUT2D eigenvalue weighted by Gasteiger charge is -2.49. The SMILES string of the molecule is CC(C)CC1C(=O)N2CCCC2C2(O)OC(NC(=O)C3CC4c5cccc6[nH]cc(c56)CC4N(C)C3)(C(C)C)C(=O)N12. The Hall–Kier alpha value is -2.95. The fourth-order valence-electron chi connectivity index (χ4n) is 8.63. The number of piperazine rings is 1. The average molecular weight is 578 g/mol. The van der Waals surface area contributed by atoms with Crippen molar-refractivity contribution >= 4 is 28.6 Å². The van der Waals surface area contributed by atoms with E-state index in [0.717, 1.165) is 18.4 Å². The molecule has 4 fully saturated rings. The van der Waals surface area contributed by atoms with Crippen LogP contribution < -0.4 is 5.32 Å². The molecule has 10 nitrogen and oxygen atoms in total. The number of nitrogens with zero attached hydrogens (tertiary/aromatic N) is 3. The van der Waals surface area contributed by atoms with Crippen LogP contribution in [0.2, 0.25) is 0 Å². The molecule has 7 rings (SSSR count). The van der Waals surface area contributed by atoms with Crippen molar-refractivity contribution in [1.82, 2.24) is 25.0 Å². The minimum absolute atomic E-state index is 0.116. The lowest BCUT2D eigenvalue weighted by atomic mass is 9.72. The van der Waals surface area contributed by atoms with Crippen molar-refractivity contribution in [3.05, 3.63) is 35.5 Å². The van der Waals surface area contributed by atoms with Gasteiger partial charge in [0.15, 0.2) is 0 Å². The van der Waals surface area contributed by atoms with Crippen molar-refractivity contribution in [3.8, 4) is 0 Å². The second kappa shape index (κ2) is 9.53. The summed E-state index contributed by atoms with van der Waals surface area (Å²) in [6, 6.07) is 5.13. The monoisotopic (exact) mass is 577 g/mol. The summed E-state index contributed by atoms with van der Waals surface area (Å²) in [5.41, 5.74) is 1.93. The summed E-state index contributed by atoms with van der Waals surface area (Å²) < 4.78 is 6.45. The number of likely N-dealkylation sites (N-methyl/N-ethyl adjacent to an activating group) is 1. The fraction of sp³-hybridized carbons (Fsp3) is 0.656. The van der Waals surface area contributed by atoms with Crippen LogP contribution in [0.15, 0.2) is 24.4 Å². The van der Waals surface area contributed by atoms with Gasteiger partial charge in [0.2, 0.25) is 17.5 Å². The quantitative estimate of drug-likeness (QED) is 0.503. The highest BCUT2D eigenvalue weighted by Gasteiger charge is 2.72. The van der Waals surface area contributed by atoms with Crippen LogP contribution in [0.1, 0.15) is 70.4 Å². The summed E-state index contributed by atoms with van der Waals surface area (Å²) in [4.78, 5) is 50.8. The number of aliphatic hydroxyl groups is 1. The summed E-state index contributed by atoms with van der Waals surface area (Å²) >= 11 is 0. The van der Waals surface area contributed by atoms with E-state index in [9.17, 15) is 19.5 Å². The molecule has 7 unspecified atom stereocenters. The Kier molecular flexibility index (Phi) is 6.32. The molecule has 5 heterocycles. The molecular formula is C32H43N5O5. The molecule has 42 heavy (non-hydrogen) atoms. The Morgan fingerprint density at radius 3 is 2.76 bits per heavy atom. The third kappa shape index (κ3) is 3.77. The highest BCUT2D eigenvalue weighted by Crippen LogP contribution is 2.49. The number of hydrogen-bond donors (Lipinski definition) is 3. The van der Waals surface area contributed by atoms with Crippen molar-refractivity contribution < 1.29 is 24.2 Å². The number of amides is 3. The van der Waals surface area contributed by atoms with Gasteiger partial charge in [0, 0.05) is 48.1 Å². The zero-order valence-corrected chi connectivity index (χ0v) is 25.2. The smallest absolute Gasteiger partial charge is 0.281 e. The molecule has 2 aromatic rings. The van der Waals surface area contributed by atoms with Gasteiger partial charge in [-0.3, -0.25) is 24.0 Å². The van der Waals surface area contributed by atoms with Gasteiger partial charge in [-0.2, -0.15) is 0 Å². The molecule has 3 amide bonds. The maximum Gasteiger partial charge on any atom is 0.281 e. The first-order chi connectivity index (χ1) is 20.0. The number of aromatic nitrogens is 1. The Bertz CT molecular complexity index is 1450. The van der Waals surface area contributed by atoms with Crippen LogP contribution >= 0.6 is 0 Å². The summed E-state index contributed by atoms with van der Waals surface area (Å²) in [7, 11) is 2.07. The molecule has 3 N–H and O–H groups in total. The second-order valence-electron chi connectivity index (χ2n) is 14.0. The second-order valence-corrected chi connectivity index (χ2v) is 14.0. The zero-order chi connectivity index (χ0) is 29.7. The van der Waals surface area contributed by atoms with Crippen LogP contribution in [0.5, 0.6) is 0 Å². The number of ether oxygens (including phenoxy) is 1. The molecule has 4 aliphatic heterocycles. The summed E-state index contributed by atoms with van der Waals surface area (Å²) in [6.45, 7) is 8.73. The average Bonchev–Trinajstić information content (AvgIpc) is 3.65. The molecule has 1 aromatic carbocycles. The number of benzene rings is 1. The first kappa shape index (κ1) is 27.9. The number of piperidine rings is 1. The van der Waals surface area contributed by atoms with Crippen LogP contribution in [0.3, 0.4) is 0 Å². The van der Waals surface area contributed by atoms with E-state index >= 15 is 0 Å². The van der Waals surface area contributed by atoms with E-state index in [1.54, 1.807) is 4.90 Å². The van der Waals surface area contributed by atoms with Gasteiger partial charge in [0.1, 0.15) is 12.1 Å². The van der Waals surface area contributed by atoms with Gasteiger partial charge in [0.25, 0.3) is 11.8 Å². The fourth-order valence-corrected chi connectivity index (χ4v) is 8.63. The highest BCUT2D eigenvalue weighted by molar-refractivity contribution is 5.97. The van der Waals surface area contributed by atoms with Crippen LogP contribution in [0, 0.1) is 17.8 Å². The van der Waals surface area contributed by atoms with Gasteiger partial charge >= 0.3 is 0 Å². The van der Waals surface area contributed by atoms with Crippen molar-refractivity contribution in [3.63, 3.8) is 0 Å². The molecule has 0 spiro atoms. The van der Waals surface area contributed by atoms with Gasteiger partial charge in [-0.25, -0.2) is 0 Å². The van der Waals surface area contributed by atoms with Crippen LogP contribution in [0.25, 0.3) is 10.9 Å². The Morgan fingerprint density at radius 2 is 2.02 bits per heavy atom. The van der Waals surface area contributed by atoms with Gasteiger partial charge in [-0.1, -0.05) is 39.8 Å². The number of likely N-dealkylation sites (tertiary alicyclic amines) is 1. The molecule has 0 bridgehead atoms. The predicted molar refractivity (Wildman–Crippen MR) is 156 cm³/mol. The zero-order valence-electron chi connectivity index (χ0n) is 25.2. The van der Waals surface area contributed by atoms with Crippen LogP contribution in [-0.4, -0.2) is 92.4 Å². The van der Waals surface area contributed by atoms with Crippen molar-refractivity contribution in [1.29, 1.82) is 0 Å². The van der Waals surface area contributed by atoms with E-state index in [-0.39, 0.29) is 35.6 Å². The van der Waals surface area contributed by atoms with E-state index in [4.69, 9.17) is 4.74 Å². The minimum atomic E-state index is -1.99. The molecule has 4 saturated heterocycles. The van der Waals surface area contributed by atoms with E-state index in [0.29, 0.717) is 32.4 Å². The van der Waals surface area contributed by atoms with E-state index in [1.165, 1.54) is 21.4 Å². The van der Waals surface area contributed by atoms with E-state index in [1.807, 2.05) is 27.7 Å². The summed E-state index contributed by atoms with van der Waals surface area (Å²) in [5.74, 6) is -3.48. The van der Waals surface area contributed by atoms with Gasteiger partial charge < -0.3 is 25.2 Å². The molecule has 10 heteroatoms.